The second-order valence-corrected chi connectivity index (χ2v) is 10.6. The standard InChI is InChI=1S/C21H22N5O5PS/c22-20-19-21(24-11-23-20)26(12-25-19)18-8-16(27)17(31-18)10-30-32(28,33)29-9-13-5-6-14-3-1-2-4-15(14)7-13/h1-7,11-12,16-18,27H,8-10H2,(H,28,33)(H2,22,23,24). The number of rotatable bonds is 7. The lowest BCUT2D eigenvalue weighted by atomic mass is 10.1. The molecule has 10 nitrogen and oxygen atoms in total. The average Bonchev–Trinajstić information content (AvgIpc) is 3.40. The SMILES string of the molecule is Nc1ncnc2c1ncn2C1CC(O)C(COP(O)(=S)OCc2ccc3ccccc3c2)O1. The van der Waals surface area contributed by atoms with Crippen molar-refractivity contribution in [1.29, 1.82) is 0 Å². The van der Waals surface area contributed by atoms with E-state index in [1.807, 2.05) is 42.5 Å². The number of aliphatic hydroxyl groups is 1. The van der Waals surface area contributed by atoms with Crippen molar-refractivity contribution >= 4 is 46.3 Å². The van der Waals surface area contributed by atoms with E-state index >= 15 is 0 Å². The number of anilines is 1. The minimum atomic E-state index is -3.54. The first-order chi connectivity index (χ1) is 15.9. The van der Waals surface area contributed by atoms with Crippen LogP contribution in [-0.2, 0) is 32.2 Å². The lowest BCUT2D eigenvalue weighted by Gasteiger charge is -2.20. The van der Waals surface area contributed by atoms with Crippen molar-refractivity contribution in [3.8, 4) is 0 Å². The summed E-state index contributed by atoms with van der Waals surface area (Å²) >= 11 is 5.14. The molecule has 4 aromatic rings. The van der Waals surface area contributed by atoms with E-state index < -0.39 is 25.2 Å². The molecule has 12 heteroatoms. The minimum Gasteiger partial charge on any atom is -0.390 e. The molecule has 4 N–H and O–H groups in total. The molecule has 2 aromatic carbocycles. The molecular weight excluding hydrogens is 465 g/mol. The van der Waals surface area contributed by atoms with Crippen LogP contribution in [0.15, 0.2) is 55.1 Å². The molecule has 1 aliphatic rings. The zero-order valence-electron chi connectivity index (χ0n) is 17.4. The van der Waals surface area contributed by atoms with E-state index in [0.29, 0.717) is 11.2 Å². The molecule has 1 fully saturated rings. The van der Waals surface area contributed by atoms with Gasteiger partial charge in [-0.05, 0) is 34.2 Å². The molecule has 2 aromatic heterocycles. The summed E-state index contributed by atoms with van der Waals surface area (Å²) in [5, 5.41) is 12.6. The van der Waals surface area contributed by atoms with Crippen molar-refractivity contribution in [1.82, 2.24) is 19.5 Å². The predicted octanol–water partition coefficient (Wildman–Crippen LogP) is 2.66. The third-order valence-electron chi connectivity index (χ3n) is 5.51. The number of fused-ring (bicyclic) bond motifs is 2. The summed E-state index contributed by atoms with van der Waals surface area (Å²) in [4.78, 5) is 22.8. The maximum absolute atomic E-state index is 10.5. The summed E-state index contributed by atoms with van der Waals surface area (Å²) in [5.74, 6) is 0.265. The van der Waals surface area contributed by atoms with Gasteiger partial charge in [0.15, 0.2) is 11.5 Å². The molecule has 0 spiro atoms. The Morgan fingerprint density at radius 3 is 2.82 bits per heavy atom. The van der Waals surface area contributed by atoms with E-state index in [1.165, 1.54) is 6.33 Å². The van der Waals surface area contributed by atoms with Gasteiger partial charge < -0.3 is 29.5 Å². The Balaban J connectivity index is 1.19. The van der Waals surface area contributed by atoms with Gasteiger partial charge in [-0.25, -0.2) is 15.0 Å². The van der Waals surface area contributed by atoms with Crippen molar-refractivity contribution < 1.29 is 23.8 Å². The zero-order valence-corrected chi connectivity index (χ0v) is 19.1. The fourth-order valence-corrected chi connectivity index (χ4v) is 4.87. The Kier molecular flexibility index (Phi) is 6.11. The van der Waals surface area contributed by atoms with Crippen LogP contribution in [-0.4, -0.2) is 48.3 Å². The Morgan fingerprint density at radius 1 is 1.15 bits per heavy atom. The van der Waals surface area contributed by atoms with Crippen LogP contribution in [0.5, 0.6) is 0 Å². The lowest BCUT2D eigenvalue weighted by molar-refractivity contribution is -0.0411. The Labute approximate surface area is 194 Å². The first-order valence-electron chi connectivity index (χ1n) is 10.3. The fourth-order valence-electron chi connectivity index (χ4n) is 3.81. The van der Waals surface area contributed by atoms with E-state index in [1.54, 1.807) is 10.9 Å². The topological polar surface area (TPSA) is 138 Å². The second-order valence-electron chi connectivity index (χ2n) is 7.73. The summed E-state index contributed by atoms with van der Waals surface area (Å²) in [6.07, 6.45) is 1.11. The van der Waals surface area contributed by atoms with Gasteiger partial charge in [0.2, 0.25) is 0 Å². The van der Waals surface area contributed by atoms with Crippen LogP contribution in [0.4, 0.5) is 5.82 Å². The minimum absolute atomic E-state index is 0.109. The van der Waals surface area contributed by atoms with Crippen LogP contribution >= 0.6 is 6.72 Å². The number of nitrogen functional groups attached to an aromatic ring is 1. The van der Waals surface area contributed by atoms with Gasteiger partial charge in [-0.2, -0.15) is 0 Å². The number of hydrogen-bond donors (Lipinski definition) is 3. The number of nitrogens with two attached hydrogens (primary N) is 1. The highest BCUT2D eigenvalue weighted by Crippen LogP contribution is 2.45. The van der Waals surface area contributed by atoms with Crippen LogP contribution in [0.2, 0.25) is 0 Å². The van der Waals surface area contributed by atoms with E-state index in [9.17, 15) is 10.00 Å². The molecule has 0 radical (unpaired) electrons. The van der Waals surface area contributed by atoms with Crippen molar-refractivity contribution in [2.45, 2.75) is 31.5 Å². The van der Waals surface area contributed by atoms with Gasteiger partial charge in [0.05, 0.1) is 25.6 Å². The van der Waals surface area contributed by atoms with E-state index in [4.69, 9.17) is 31.3 Å². The summed E-state index contributed by atoms with van der Waals surface area (Å²) in [7, 11) is 0. The molecular formula is C21H22N5O5PS. The monoisotopic (exact) mass is 487 g/mol. The van der Waals surface area contributed by atoms with Crippen molar-refractivity contribution in [2.75, 3.05) is 12.3 Å². The molecule has 0 aliphatic carbocycles. The number of ether oxygens (including phenoxy) is 1. The summed E-state index contributed by atoms with van der Waals surface area (Å²) in [6, 6.07) is 13.8. The second kappa shape index (κ2) is 9.03. The van der Waals surface area contributed by atoms with Gasteiger partial charge in [0.1, 0.15) is 24.2 Å². The highest BCUT2D eigenvalue weighted by Gasteiger charge is 2.37. The molecule has 4 unspecified atom stereocenters. The maximum atomic E-state index is 10.5. The number of hydrogen-bond acceptors (Lipinski definition) is 9. The van der Waals surface area contributed by atoms with Crippen LogP contribution in [0, 0.1) is 0 Å². The van der Waals surface area contributed by atoms with Gasteiger partial charge >= 0.3 is 6.72 Å². The Bertz CT molecular complexity index is 1350. The van der Waals surface area contributed by atoms with Gasteiger partial charge in [0, 0.05) is 6.42 Å². The highest BCUT2D eigenvalue weighted by molar-refractivity contribution is 8.07. The molecule has 172 valence electrons. The number of nitrogens with zero attached hydrogens (tertiary/aromatic N) is 4. The van der Waals surface area contributed by atoms with E-state index in [-0.39, 0.29) is 25.5 Å². The molecule has 33 heavy (non-hydrogen) atoms. The fraction of sp³-hybridized carbons (Fsp3) is 0.286. The Morgan fingerprint density at radius 2 is 1.97 bits per heavy atom. The predicted molar refractivity (Wildman–Crippen MR) is 125 cm³/mol. The lowest BCUT2D eigenvalue weighted by Crippen LogP contribution is -2.26. The van der Waals surface area contributed by atoms with Crippen LogP contribution in [0.25, 0.3) is 21.9 Å². The van der Waals surface area contributed by atoms with E-state index in [0.717, 1.165) is 16.3 Å². The van der Waals surface area contributed by atoms with Crippen LogP contribution in [0.1, 0.15) is 18.2 Å². The zero-order chi connectivity index (χ0) is 23.0. The number of benzene rings is 2. The largest absolute Gasteiger partial charge is 0.390 e. The molecule has 0 bridgehead atoms. The van der Waals surface area contributed by atoms with Crippen molar-refractivity contribution in [2.24, 2.45) is 0 Å². The third-order valence-corrected chi connectivity index (χ3v) is 7.07. The average molecular weight is 487 g/mol. The van der Waals surface area contributed by atoms with Crippen molar-refractivity contribution in [3.05, 3.63) is 60.7 Å². The number of imidazole rings is 1. The first kappa shape index (κ1) is 22.3. The maximum Gasteiger partial charge on any atom is 0.324 e. The molecule has 4 atom stereocenters. The molecule has 0 amide bonds. The van der Waals surface area contributed by atoms with Gasteiger partial charge in [-0.3, -0.25) is 4.57 Å². The highest BCUT2D eigenvalue weighted by atomic mass is 32.5. The number of aliphatic hydroxyl groups excluding tert-OH is 1. The first-order valence-corrected chi connectivity index (χ1v) is 12.8. The Hall–Kier alpha value is -2.50. The summed E-state index contributed by atoms with van der Waals surface area (Å²) in [6.45, 7) is -3.55. The molecule has 3 heterocycles. The normalized spacial score (nSPS) is 22.7. The van der Waals surface area contributed by atoms with Crippen LogP contribution in [0.3, 0.4) is 0 Å². The van der Waals surface area contributed by atoms with Gasteiger partial charge in [-0.15, -0.1) is 0 Å². The molecule has 1 saturated heterocycles. The molecule has 5 rings (SSSR count). The molecule has 0 saturated carbocycles. The van der Waals surface area contributed by atoms with E-state index in [2.05, 4.69) is 15.0 Å². The van der Waals surface area contributed by atoms with Crippen molar-refractivity contribution in [3.63, 3.8) is 0 Å². The third kappa shape index (κ3) is 4.75. The number of aromatic nitrogens is 4. The van der Waals surface area contributed by atoms with Gasteiger partial charge in [0.25, 0.3) is 0 Å². The summed E-state index contributed by atoms with van der Waals surface area (Å²) in [5.41, 5.74) is 7.66. The van der Waals surface area contributed by atoms with Gasteiger partial charge in [-0.1, -0.05) is 36.4 Å². The molecule has 1 aliphatic heterocycles. The van der Waals surface area contributed by atoms with Crippen LogP contribution < -0.4 is 5.73 Å². The quantitative estimate of drug-likeness (QED) is 0.334. The smallest absolute Gasteiger partial charge is 0.324 e. The summed E-state index contributed by atoms with van der Waals surface area (Å²) < 4.78 is 18.6.